The molecule has 208 valence electrons. The lowest BCUT2D eigenvalue weighted by Gasteiger charge is -2.33. The Kier molecular flexibility index (Phi) is 9.95. The number of carbonyl (C=O) groups is 2. The summed E-state index contributed by atoms with van der Waals surface area (Å²) < 4.78 is 39.8. The second-order valence-corrected chi connectivity index (χ2v) is 10.8. The number of rotatable bonds is 12. The van der Waals surface area contributed by atoms with Gasteiger partial charge in [-0.3, -0.25) is 13.9 Å². The van der Waals surface area contributed by atoms with E-state index in [1.165, 1.54) is 44.4 Å². The largest absolute Gasteiger partial charge is 0.497 e. The molecule has 3 aromatic rings. The van der Waals surface area contributed by atoms with Gasteiger partial charge in [-0.1, -0.05) is 55.0 Å². The zero-order valence-electron chi connectivity index (χ0n) is 22.9. The molecule has 2 amide bonds. The van der Waals surface area contributed by atoms with Crippen molar-refractivity contribution in [3.63, 3.8) is 0 Å². The number of methoxy groups -OCH3 is 2. The normalized spacial score (nSPS) is 11.8. The van der Waals surface area contributed by atoms with Gasteiger partial charge in [-0.05, 0) is 43.2 Å². The summed E-state index contributed by atoms with van der Waals surface area (Å²) in [5.41, 5.74) is 1.96. The van der Waals surface area contributed by atoms with E-state index in [0.717, 1.165) is 15.4 Å². The molecule has 0 saturated carbocycles. The standard InChI is InChI=1S/C29H35N3O6S/c1-6-25(29(34)30-3)31(19-22-12-10-11-21(2)17-22)28(33)20-32(39(35,36)24-13-8-7-9-14-24)26-18-23(37-4)15-16-27(26)38-5/h7-18,25H,6,19-20H2,1-5H3,(H,30,34)/t25-/m1/s1. The number of aryl methyl sites for hydroxylation is 1. The minimum absolute atomic E-state index is 0.00579. The van der Waals surface area contributed by atoms with E-state index in [9.17, 15) is 18.0 Å². The van der Waals surface area contributed by atoms with Gasteiger partial charge in [0.2, 0.25) is 11.8 Å². The lowest BCUT2D eigenvalue weighted by Crippen LogP contribution is -2.51. The first-order chi connectivity index (χ1) is 18.7. The molecule has 0 aliphatic carbocycles. The van der Waals surface area contributed by atoms with Crippen molar-refractivity contribution in [2.75, 3.05) is 32.1 Å². The zero-order chi connectivity index (χ0) is 28.6. The van der Waals surface area contributed by atoms with Crippen molar-refractivity contribution in [3.8, 4) is 11.5 Å². The molecule has 0 radical (unpaired) electrons. The van der Waals surface area contributed by atoms with Crippen LogP contribution in [0.15, 0.2) is 77.7 Å². The third kappa shape index (κ3) is 6.88. The van der Waals surface area contributed by atoms with Crippen molar-refractivity contribution in [1.82, 2.24) is 10.2 Å². The summed E-state index contributed by atoms with van der Waals surface area (Å²) in [6, 6.07) is 19.4. The first kappa shape index (κ1) is 29.5. The van der Waals surface area contributed by atoms with Gasteiger partial charge in [0.1, 0.15) is 24.1 Å². The summed E-state index contributed by atoms with van der Waals surface area (Å²) in [6.45, 7) is 3.30. The molecule has 9 nitrogen and oxygen atoms in total. The minimum Gasteiger partial charge on any atom is -0.497 e. The molecule has 0 aliphatic rings. The Morgan fingerprint density at radius 3 is 2.26 bits per heavy atom. The van der Waals surface area contributed by atoms with Crippen molar-refractivity contribution in [1.29, 1.82) is 0 Å². The Balaban J connectivity index is 2.14. The summed E-state index contributed by atoms with van der Waals surface area (Å²) in [4.78, 5) is 28.3. The van der Waals surface area contributed by atoms with Gasteiger partial charge >= 0.3 is 0 Å². The number of carbonyl (C=O) groups excluding carboxylic acids is 2. The predicted molar refractivity (Wildman–Crippen MR) is 150 cm³/mol. The molecule has 0 fully saturated rings. The third-order valence-electron chi connectivity index (χ3n) is 6.33. The van der Waals surface area contributed by atoms with E-state index in [-0.39, 0.29) is 28.8 Å². The number of benzene rings is 3. The molecule has 0 unspecified atom stereocenters. The van der Waals surface area contributed by atoms with E-state index in [0.29, 0.717) is 12.2 Å². The molecule has 0 aromatic heterocycles. The van der Waals surface area contributed by atoms with E-state index >= 15 is 0 Å². The van der Waals surface area contributed by atoms with Gasteiger partial charge in [0, 0.05) is 19.7 Å². The van der Waals surface area contributed by atoms with Crippen LogP contribution in [0.2, 0.25) is 0 Å². The monoisotopic (exact) mass is 553 g/mol. The highest BCUT2D eigenvalue weighted by molar-refractivity contribution is 7.92. The number of likely N-dealkylation sites (N-methyl/N-ethyl adjacent to an activating group) is 1. The number of ether oxygens (including phenoxy) is 2. The average Bonchev–Trinajstić information content (AvgIpc) is 2.95. The molecule has 0 saturated heterocycles. The van der Waals surface area contributed by atoms with Gasteiger partial charge in [-0.2, -0.15) is 0 Å². The van der Waals surface area contributed by atoms with Gasteiger partial charge in [-0.25, -0.2) is 8.42 Å². The van der Waals surface area contributed by atoms with Gasteiger partial charge in [0.15, 0.2) is 0 Å². The Bertz CT molecular complexity index is 1400. The average molecular weight is 554 g/mol. The molecule has 1 N–H and O–H groups in total. The van der Waals surface area contributed by atoms with E-state index in [4.69, 9.17) is 9.47 Å². The maximum atomic E-state index is 14.0. The minimum atomic E-state index is -4.23. The highest BCUT2D eigenvalue weighted by atomic mass is 32.2. The van der Waals surface area contributed by atoms with Crippen LogP contribution in [0, 0.1) is 6.92 Å². The highest BCUT2D eigenvalue weighted by Gasteiger charge is 2.34. The lowest BCUT2D eigenvalue weighted by molar-refractivity contribution is -0.140. The first-order valence-corrected chi connectivity index (χ1v) is 14.0. The topological polar surface area (TPSA) is 105 Å². The summed E-state index contributed by atoms with van der Waals surface area (Å²) in [5, 5.41) is 2.62. The molecule has 3 rings (SSSR count). The van der Waals surface area contributed by atoms with Crippen LogP contribution < -0.4 is 19.1 Å². The van der Waals surface area contributed by atoms with Crippen LogP contribution in [0.5, 0.6) is 11.5 Å². The van der Waals surface area contributed by atoms with Crippen molar-refractivity contribution in [2.45, 2.75) is 37.8 Å². The molecule has 0 bridgehead atoms. The number of hydrogen-bond acceptors (Lipinski definition) is 6. The lowest BCUT2D eigenvalue weighted by atomic mass is 10.1. The molecule has 0 heterocycles. The van der Waals surface area contributed by atoms with E-state index in [1.54, 1.807) is 37.3 Å². The summed E-state index contributed by atoms with van der Waals surface area (Å²) in [5.74, 6) is -0.252. The van der Waals surface area contributed by atoms with Crippen molar-refractivity contribution < 1.29 is 27.5 Å². The molecule has 10 heteroatoms. The van der Waals surface area contributed by atoms with Gasteiger partial charge in [0.25, 0.3) is 10.0 Å². The quantitative estimate of drug-likeness (QED) is 0.366. The number of sulfonamides is 1. The molecular formula is C29H35N3O6S. The van der Waals surface area contributed by atoms with Crippen LogP contribution in [-0.2, 0) is 26.2 Å². The third-order valence-corrected chi connectivity index (χ3v) is 8.11. The van der Waals surface area contributed by atoms with E-state index < -0.39 is 28.5 Å². The van der Waals surface area contributed by atoms with Crippen LogP contribution in [-0.4, -0.2) is 59.0 Å². The number of anilines is 1. The van der Waals surface area contributed by atoms with E-state index in [1.807, 2.05) is 31.2 Å². The molecule has 39 heavy (non-hydrogen) atoms. The van der Waals surface area contributed by atoms with Crippen LogP contribution in [0.25, 0.3) is 0 Å². The first-order valence-electron chi connectivity index (χ1n) is 12.5. The molecular weight excluding hydrogens is 518 g/mol. The molecule has 0 spiro atoms. The van der Waals surface area contributed by atoms with Crippen LogP contribution in [0.3, 0.4) is 0 Å². The number of nitrogens with one attached hydrogen (secondary N) is 1. The molecule has 1 atom stereocenters. The molecule has 0 aliphatic heterocycles. The smallest absolute Gasteiger partial charge is 0.264 e. The van der Waals surface area contributed by atoms with Crippen LogP contribution in [0.1, 0.15) is 24.5 Å². The van der Waals surface area contributed by atoms with Crippen LogP contribution >= 0.6 is 0 Å². The Labute approximate surface area is 230 Å². The van der Waals surface area contributed by atoms with E-state index in [2.05, 4.69) is 5.32 Å². The number of hydrogen-bond donors (Lipinski definition) is 1. The van der Waals surface area contributed by atoms with Gasteiger partial charge < -0.3 is 19.7 Å². The van der Waals surface area contributed by atoms with Crippen molar-refractivity contribution >= 4 is 27.5 Å². The maximum absolute atomic E-state index is 14.0. The van der Waals surface area contributed by atoms with Gasteiger partial charge in [0.05, 0.1) is 24.8 Å². The fourth-order valence-electron chi connectivity index (χ4n) is 4.32. The SMILES string of the molecule is CC[C@H](C(=O)NC)N(Cc1cccc(C)c1)C(=O)CN(c1cc(OC)ccc1OC)S(=O)(=O)c1ccccc1. The second-order valence-electron chi connectivity index (χ2n) is 8.91. The summed E-state index contributed by atoms with van der Waals surface area (Å²) in [6.07, 6.45) is 0.338. The predicted octanol–water partition coefficient (Wildman–Crippen LogP) is 3.76. The summed E-state index contributed by atoms with van der Waals surface area (Å²) >= 11 is 0. The Morgan fingerprint density at radius 1 is 0.949 bits per heavy atom. The maximum Gasteiger partial charge on any atom is 0.264 e. The summed E-state index contributed by atoms with van der Waals surface area (Å²) in [7, 11) is 0.163. The van der Waals surface area contributed by atoms with Crippen molar-refractivity contribution in [2.24, 2.45) is 0 Å². The number of nitrogens with zero attached hydrogens (tertiary/aromatic N) is 2. The van der Waals surface area contributed by atoms with Gasteiger partial charge in [-0.15, -0.1) is 0 Å². The highest BCUT2D eigenvalue weighted by Crippen LogP contribution is 2.36. The number of amides is 2. The second kappa shape index (κ2) is 13.1. The Morgan fingerprint density at radius 2 is 1.67 bits per heavy atom. The van der Waals surface area contributed by atoms with Crippen LogP contribution in [0.4, 0.5) is 5.69 Å². The zero-order valence-corrected chi connectivity index (χ0v) is 23.7. The fourth-order valence-corrected chi connectivity index (χ4v) is 5.76. The Hall–Kier alpha value is -4.05. The molecule has 3 aromatic carbocycles. The fraction of sp³-hybridized carbons (Fsp3) is 0.310. The van der Waals surface area contributed by atoms with Crippen molar-refractivity contribution in [3.05, 3.63) is 83.9 Å².